The smallest absolute Gasteiger partial charge is 0.146 e. The zero-order chi connectivity index (χ0) is 88.1. The summed E-state index contributed by atoms with van der Waals surface area (Å²) in [4.78, 5) is 29.9. The topological polar surface area (TPSA) is 90.6 Å². The van der Waals surface area contributed by atoms with Crippen LogP contribution in [0.25, 0.3) is 268 Å². The molecule has 1 aliphatic carbocycles. The minimum absolute atomic E-state index is 0.0159. The maximum Gasteiger partial charge on any atom is 0.146 e. The van der Waals surface area contributed by atoms with E-state index in [1.807, 2.05) is 36.8 Å². The Morgan fingerprint density at radius 2 is 0.507 bits per heavy atom. The Balaban J connectivity index is 0.000000101. The molecule has 0 saturated heterocycles. The van der Waals surface area contributed by atoms with E-state index in [1.54, 1.807) is 0 Å². The SMILES string of the molecule is CC1(C)c2ccccc2-c2ccc(-c3ccc4cc(-c5ccc6c7c(ccc8cccnc87)c7nc8ccccc8n7c6c5)ccc4c3)cc21.c1ccc2c(c1)cc(-c1ccc(-c3ccc4c5c(ccc6cccnc65)c5nc6ccccc6n5c4c3)cc1)c1ccccc12.c1ccc2c(c1)cc(-c1ccc3c4c(ccc5cccnc54)c4nc5ccccc5n4c3c1)c1ccccc12. The van der Waals surface area contributed by atoms with Crippen LogP contribution in [0.5, 0.6) is 0 Å². The summed E-state index contributed by atoms with van der Waals surface area (Å²) in [6.45, 7) is 4.69. The molecule has 0 unspecified atom stereocenters. The molecule has 9 aromatic heterocycles. The number of rotatable bonds is 5. The van der Waals surface area contributed by atoms with Crippen molar-refractivity contribution in [1.82, 2.24) is 43.1 Å². The van der Waals surface area contributed by atoms with Crippen LogP contribution in [0.2, 0.25) is 0 Å². The van der Waals surface area contributed by atoms with Crippen LogP contribution in [0.4, 0.5) is 0 Å². The van der Waals surface area contributed by atoms with Gasteiger partial charge in [-0.2, -0.15) is 0 Å². The standard InChI is InChI=1S/C47H31N3.C42H25N3.C36H21N3/c1-47(2)39-10-4-3-9-35(39)36-20-18-33(26-40(36)47)31-15-13-30-25-32(16-14-29(30)24-31)34-19-21-37-43(27-34)50-42-12-6-5-11-41(42)49-46(50)38-22-17-28-8-7-23-48-45(28)44(37)38;1-2-10-31-30(8-1)24-36(33-12-4-3-11-32(31)33)27-17-15-26(16-18-27)29-20-21-34-39(25-29)45-38-14-6-5-13-37(38)44-42(45)35-22-19-28-9-7-23-43-41(28)40(34)35;1-2-10-25-23(8-1)20-30(27-12-4-3-11-26(25)27)24-16-17-28-33(21-24)39-32-14-6-5-13-31(32)38-36(39)29-18-15-22-9-7-19-37-35(22)34(28)29/h3-27H,1-2H3;1-25H;1-21H. The lowest BCUT2D eigenvalue weighted by Crippen LogP contribution is -2.14. The van der Waals surface area contributed by atoms with Crippen molar-refractivity contribution in [3.05, 3.63) is 442 Å². The molecule has 0 atom stereocenters. The summed E-state index contributed by atoms with van der Waals surface area (Å²) in [6, 6.07) is 149. The van der Waals surface area contributed by atoms with E-state index in [0.717, 1.165) is 132 Å². The van der Waals surface area contributed by atoms with Gasteiger partial charge in [0, 0.05) is 88.6 Å². The number of benzene rings is 20. The highest BCUT2D eigenvalue weighted by atomic mass is 15.0. The van der Waals surface area contributed by atoms with Gasteiger partial charge in [-0.1, -0.05) is 305 Å². The van der Waals surface area contributed by atoms with Gasteiger partial charge >= 0.3 is 0 Å². The number of hydrogen-bond acceptors (Lipinski definition) is 6. The third kappa shape index (κ3) is 11.4. The van der Waals surface area contributed by atoms with E-state index in [0.29, 0.717) is 0 Å². The number of nitrogens with zero attached hydrogens (tertiary/aromatic N) is 9. The molecule has 0 radical (unpaired) electrons. The molecule has 0 spiro atoms. The first-order chi connectivity index (χ1) is 66.2. The summed E-state index contributed by atoms with van der Waals surface area (Å²) in [5.41, 5.74) is 33.3. The summed E-state index contributed by atoms with van der Waals surface area (Å²) in [5, 5.41) is 26.4. The molecular formula is C125H77N9. The van der Waals surface area contributed by atoms with Gasteiger partial charge in [0.1, 0.15) is 16.9 Å². The highest BCUT2D eigenvalue weighted by Gasteiger charge is 2.36. The van der Waals surface area contributed by atoms with E-state index in [9.17, 15) is 0 Å². The Hall–Kier alpha value is -17.7. The third-order valence-corrected chi connectivity index (χ3v) is 28.7. The van der Waals surface area contributed by atoms with Gasteiger partial charge in [0.2, 0.25) is 0 Å². The second-order valence-electron chi connectivity index (χ2n) is 36.3. The summed E-state index contributed by atoms with van der Waals surface area (Å²) < 4.78 is 6.98. The van der Waals surface area contributed by atoms with Gasteiger partial charge in [-0.15, -0.1) is 0 Å². The molecule has 0 saturated carbocycles. The maximum atomic E-state index is 5.15. The van der Waals surface area contributed by atoms with Crippen LogP contribution in [0, 0.1) is 0 Å². The van der Waals surface area contributed by atoms with Gasteiger partial charge < -0.3 is 0 Å². The van der Waals surface area contributed by atoms with E-state index < -0.39 is 0 Å². The fraction of sp³-hybridized carbons (Fsp3) is 0.0240. The Morgan fingerprint density at radius 1 is 0.187 bits per heavy atom. The monoisotopic (exact) mass is 1700 g/mol. The zero-order valence-corrected chi connectivity index (χ0v) is 73.0. The molecule has 29 aromatic rings. The molecule has 0 aliphatic heterocycles. The molecule has 9 heterocycles. The molecule has 0 amide bonds. The molecular weight excluding hydrogens is 1630 g/mol. The van der Waals surface area contributed by atoms with E-state index in [1.165, 1.54) is 148 Å². The van der Waals surface area contributed by atoms with Crippen LogP contribution in [0.1, 0.15) is 25.0 Å². The zero-order valence-electron chi connectivity index (χ0n) is 73.0. The predicted octanol–water partition coefficient (Wildman–Crippen LogP) is 32.4. The van der Waals surface area contributed by atoms with Crippen molar-refractivity contribution in [2.75, 3.05) is 0 Å². The molecule has 9 nitrogen and oxygen atoms in total. The third-order valence-electron chi connectivity index (χ3n) is 28.7. The minimum atomic E-state index is -0.0159. The first-order valence-corrected chi connectivity index (χ1v) is 45.9. The summed E-state index contributed by atoms with van der Waals surface area (Å²) >= 11 is 0. The number of aromatic nitrogens is 9. The Kier molecular flexibility index (Phi) is 16.4. The van der Waals surface area contributed by atoms with Crippen LogP contribution < -0.4 is 0 Å². The molecule has 0 N–H and O–H groups in total. The molecule has 1 aliphatic rings. The van der Waals surface area contributed by atoms with Gasteiger partial charge in [-0.05, 0) is 253 Å². The molecule has 134 heavy (non-hydrogen) atoms. The fourth-order valence-electron chi connectivity index (χ4n) is 22.4. The highest BCUT2D eigenvalue weighted by Crippen LogP contribution is 2.51. The van der Waals surface area contributed by atoms with E-state index in [2.05, 4.69) is 421 Å². The van der Waals surface area contributed by atoms with Crippen LogP contribution in [-0.4, -0.2) is 43.1 Å². The lowest BCUT2D eigenvalue weighted by atomic mass is 9.81. The van der Waals surface area contributed by atoms with E-state index in [4.69, 9.17) is 29.9 Å². The number of hydrogen-bond donors (Lipinski definition) is 0. The van der Waals surface area contributed by atoms with Crippen molar-refractivity contribution in [3.8, 4) is 66.8 Å². The summed E-state index contributed by atoms with van der Waals surface area (Å²) in [5.74, 6) is 0. The van der Waals surface area contributed by atoms with Crippen molar-refractivity contribution in [3.63, 3.8) is 0 Å². The van der Waals surface area contributed by atoms with Gasteiger partial charge in [0.05, 0.1) is 66.2 Å². The van der Waals surface area contributed by atoms with Crippen molar-refractivity contribution in [1.29, 1.82) is 0 Å². The van der Waals surface area contributed by atoms with Crippen LogP contribution in [0.3, 0.4) is 0 Å². The second-order valence-corrected chi connectivity index (χ2v) is 36.3. The molecule has 20 aromatic carbocycles. The average molecular weight is 1710 g/mol. The number of para-hydroxylation sites is 6. The molecule has 0 bridgehead atoms. The van der Waals surface area contributed by atoms with Gasteiger partial charge in [0.25, 0.3) is 0 Å². The van der Waals surface area contributed by atoms with Gasteiger partial charge in [-0.3, -0.25) is 28.2 Å². The van der Waals surface area contributed by atoms with Crippen LogP contribution in [-0.2, 0) is 5.41 Å². The Bertz CT molecular complexity index is 10200. The first kappa shape index (κ1) is 75.3. The summed E-state index contributed by atoms with van der Waals surface area (Å²) in [6.07, 6.45) is 5.66. The quantitative estimate of drug-likeness (QED) is 0.160. The molecule has 622 valence electrons. The minimum Gasteiger partial charge on any atom is -0.292 e. The molecule has 0 fully saturated rings. The largest absolute Gasteiger partial charge is 0.292 e. The van der Waals surface area contributed by atoms with Crippen molar-refractivity contribution < 1.29 is 0 Å². The van der Waals surface area contributed by atoms with Crippen molar-refractivity contribution >= 4 is 202 Å². The molecule has 30 rings (SSSR count). The maximum absolute atomic E-state index is 5.15. The van der Waals surface area contributed by atoms with E-state index >= 15 is 0 Å². The van der Waals surface area contributed by atoms with Crippen LogP contribution in [0.15, 0.2) is 431 Å². The van der Waals surface area contributed by atoms with Gasteiger partial charge in [0.15, 0.2) is 0 Å². The van der Waals surface area contributed by atoms with Crippen molar-refractivity contribution in [2.45, 2.75) is 19.3 Å². The van der Waals surface area contributed by atoms with Gasteiger partial charge in [-0.25, -0.2) is 15.0 Å². The fourth-order valence-corrected chi connectivity index (χ4v) is 22.4. The first-order valence-electron chi connectivity index (χ1n) is 45.9. The number of fused-ring (bicyclic) bond motifs is 40. The predicted molar refractivity (Wildman–Crippen MR) is 561 cm³/mol. The number of imidazole rings is 3. The lowest BCUT2D eigenvalue weighted by Gasteiger charge is -2.22. The summed E-state index contributed by atoms with van der Waals surface area (Å²) in [7, 11) is 0. The normalized spacial score (nSPS) is 12.6. The highest BCUT2D eigenvalue weighted by molar-refractivity contribution is 6.27. The Morgan fingerprint density at radius 3 is 0.985 bits per heavy atom. The number of pyridine rings is 6. The van der Waals surface area contributed by atoms with E-state index in [-0.39, 0.29) is 5.41 Å². The second kappa shape index (κ2) is 29.2. The Labute approximate surface area is 767 Å². The van der Waals surface area contributed by atoms with Crippen molar-refractivity contribution in [2.24, 2.45) is 0 Å². The lowest BCUT2D eigenvalue weighted by molar-refractivity contribution is 0.660. The average Bonchev–Trinajstić information content (AvgIpc) is 1.50. The molecule has 9 heteroatoms. The van der Waals surface area contributed by atoms with Crippen LogP contribution >= 0.6 is 0 Å².